The van der Waals surface area contributed by atoms with Crippen molar-refractivity contribution < 1.29 is 8.42 Å². The molecule has 0 saturated heterocycles. The van der Waals surface area contributed by atoms with Gasteiger partial charge in [-0.1, -0.05) is 30.3 Å². The number of anilines is 1. The van der Waals surface area contributed by atoms with E-state index in [0.717, 1.165) is 5.56 Å². The van der Waals surface area contributed by atoms with Crippen molar-refractivity contribution in [2.45, 2.75) is 5.75 Å². The summed E-state index contributed by atoms with van der Waals surface area (Å²) >= 11 is 0. The summed E-state index contributed by atoms with van der Waals surface area (Å²) in [5, 5.41) is 0. The Morgan fingerprint density at radius 2 is 1.88 bits per heavy atom. The molecule has 0 amide bonds. The van der Waals surface area contributed by atoms with Crippen molar-refractivity contribution in [2.75, 3.05) is 5.73 Å². The van der Waals surface area contributed by atoms with Gasteiger partial charge < -0.3 is 5.73 Å². The van der Waals surface area contributed by atoms with Crippen molar-refractivity contribution >= 4 is 16.4 Å². The maximum absolute atomic E-state index is 10.6. The van der Waals surface area contributed by atoms with E-state index in [-0.39, 0.29) is 5.75 Å². The van der Waals surface area contributed by atoms with Crippen molar-refractivity contribution in [3.63, 3.8) is 0 Å². The molecule has 2 rings (SSSR count). The maximum atomic E-state index is 10.6. The predicted octanol–water partition coefficient (Wildman–Crippen LogP) is 1.44. The van der Waals surface area contributed by atoms with Gasteiger partial charge in [0.2, 0.25) is 0 Å². The molecular formula is C12H12N2O2S. The molecule has 0 saturated carbocycles. The van der Waals surface area contributed by atoms with Gasteiger partial charge in [-0.05, 0) is 11.6 Å². The third-order valence-corrected chi connectivity index (χ3v) is 2.96. The average molecular weight is 248 g/mol. The highest BCUT2D eigenvalue weighted by Gasteiger charge is 2.05. The molecule has 0 radical (unpaired) electrons. The number of pyridine rings is 1. The summed E-state index contributed by atoms with van der Waals surface area (Å²) in [6, 6.07) is 11.2. The van der Waals surface area contributed by atoms with Crippen molar-refractivity contribution in [2.24, 2.45) is 0 Å². The van der Waals surface area contributed by atoms with Crippen LogP contribution in [0.4, 0.5) is 5.69 Å². The van der Waals surface area contributed by atoms with E-state index >= 15 is 0 Å². The molecule has 2 N–H and O–H groups in total. The molecule has 0 bridgehead atoms. The van der Waals surface area contributed by atoms with Gasteiger partial charge in [0.25, 0.3) is 0 Å². The van der Waals surface area contributed by atoms with Crippen molar-refractivity contribution in [1.29, 1.82) is 0 Å². The molecule has 1 aromatic heterocycles. The SMILES string of the molecule is Nc1cc(C[SH](=O)=O)cnc1-c1ccccc1. The quantitative estimate of drug-likeness (QED) is 0.806. The molecule has 4 nitrogen and oxygen atoms in total. The van der Waals surface area contributed by atoms with Crippen LogP contribution in [0.1, 0.15) is 5.56 Å². The fourth-order valence-electron chi connectivity index (χ4n) is 1.60. The van der Waals surface area contributed by atoms with Gasteiger partial charge in [-0.2, -0.15) is 0 Å². The zero-order chi connectivity index (χ0) is 12.3. The van der Waals surface area contributed by atoms with Crippen LogP contribution in [0, 0.1) is 0 Å². The Labute approximate surface area is 101 Å². The Bertz CT molecular complexity index is 587. The number of rotatable bonds is 3. The summed E-state index contributed by atoms with van der Waals surface area (Å²) in [5.41, 5.74) is 8.57. The Morgan fingerprint density at radius 3 is 2.47 bits per heavy atom. The summed E-state index contributed by atoms with van der Waals surface area (Å²) in [6.45, 7) is 0. The van der Waals surface area contributed by atoms with E-state index in [1.54, 1.807) is 12.3 Å². The average Bonchev–Trinajstić information content (AvgIpc) is 2.29. The van der Waals surface area contributed by atoms with Crippen LogP contribution in [-0.2, 0) is 16.5 Å². The molecule has 0 fully saturated rings. The van der Waals surface area contributed by atoms with E-state index in [9.17, 15) is 8.42 Å². The van der Waals surface area contributed by atoms with Gasteiger partial charge >= 0.3 is 0 Å². The third-order valence-electron chi connectivity index (χ3n) is 2.33. The van der Waals surface area contributed by atoms with Crippen molar-refractivity contribution in [3.05, 3.63) is 48.2 Å². The minimum Gasteiger partial charge on any atom is -0.397 e. The van der Waals surface area contributed by atoms with E-state index in [1.165, 1.54) is 0 Å². The highest BCUT2D eigenvalue weighted by molar-refractivity contribution is 7.71. The minimum atomic E-state index is -2.45. The van der Waals surface area contributed by atoms with Gasteiger partial charge in [-0.25, -0.2) is 8.42 Å². The summed E-state index contributed by atoms with van der Waals surface area (Å²) in [6.07, 6.45) is 1.55. The largest absolute Gasteiger partial charge is 0.397 e. The predicted molar refractivity (Wildman–Crippen MR) is 68.1 cm³/mol. The second-order valence-corrected chi connectivity index (χ2v) is 4.62. The van der Waals surface area contributed by atoms with Gasteiger partial charge in [0.05, 0.1) is 17.1 Å². The van der Waals surface area contributed by atoms with E-state index < -0.39 is 10.7 Å². The van der Waals surface area contributed by atoms with Gasteiger partial charge in [-0.15, -0.1) is 0 Å². The number of aromatic nitrogens is 1. The molecule has 17 heavy (non-hydrogen) atoms. The number of hydrogen-bond acceptors (Lipinski definition) is 4. The molecule has 2 aromatic rings. The second kappa shape index (κ2) is 4.97. The maximum Gasteiger partial charge on any atom is 0.144 e. The molecule has 88 valence electrons. The molecule has 0 aliphatic carbocycles. The lowest BCUT2D eigenvalue weighted by Crippen LogP contribution is -1.97. The van der Waals surface area contributed by atoms with Gasteiger partial charge in [0.1, 0.15) is 10.7 Å². The molecule has 0 aliphatic heterocycles. The standard InChI is InChI=1S/C12H12N2O2S/c13-11-6-9(8-17(15)16)7-14-12(11)10-4-2-1-3-5-10/h1-7,17H,8,13H2. The topological polar surface area (TPSA) is 73.1 Å². The summed E-state index contributed by atoms with van der Waals surface area (Å²) < 4.78 is 21.2. The first kappa shape index (κ1) is 11.6. The summed E-state index contributed by atoms with van der Waals surface area (Å²) in [4.78, 5) is 4.21. The Hall–Kier alpha value is -1.88. The lowest BCUT2D eigenvalue weighted by atomic mass is 10.1. The zero-order valence-electron chi connectivity index (χ0n) is 9.04. The van der Waals surface area contributed by atoms with E-state index in [4.69, 9.17) is 5.73 Å². The first-order valence-electron chi connectivity index (χ1n) is 5.08. The monoisotopic (exact) mass is 248 g/mol. The fraction of sp³-hybridized carbons (Fsp3) is 0.0833. The first-order chi connectivity index (χ1) is 8.16. The summed E-state index contributed by atoms with van der Waals surface area (Å²) in [5.74, 6) is -0.0262. The van der Waals surface area contributed by atoms with Gasteiger partial charge in [-0.3, -0.25) is 4.98 Å². The Morgan fingerprint density at radius 1 is 1.18 bits per heavy atom. The van der Waals surface area contributed by atoms with Crippen LogP contribution >= 0.6 is 0 Å². The molecule has 0 unspecified atom stereocenters. The molecular weight excluding hydrogens is 236 g/mol. The van der Waals surface area contributed by atoms with E-state index in [1.807, 2.05) is 30.3 Å². The lowest BCUT2D eigenvalue weighted by molar-refractivity contribution is 0.614. The number of hydrogen-bond donors (Lipinski definition) is 2. The number of nitrogen functional groups attached to an aromatic ring is 1. The third kappa shape index (κ3) is 2.82. The van der Waals surface area contributed by atoms with Crippen LogP contribution in [0.5, 0.6) is 0 Å². The van der Waals surface area contributed by atoms with Crippen LogP contribution in [0.2, 0.25) is 0 Å². The molecule has 5 heteroatoms. The summed E-state index contributed by atoms with van der Waals surface area (Å²) in [7, 11) is -2.45. The number of thiol groups is 1. The number of nitrogens with two attached hydrogens (primary N) is 1. The van der Waals surface area contributed by atoms with E-state index in [0.29, 0.717) is 16.9 Å². The van der Waals surface area contributed by atoms with Crippen LogP contribution in [-0.4, -0.2) is 13.4 Å². The first-order valence-corrected chi connectivity index (χ1v) is 6.44. The molecule has 1 heterocycles. The lowest BCUT2D eigenvalue weighted by Gasteiger charge is -2.05. The van der Waals surface area contributed by atoms with Gasteiger partial charge in [0.15, 0.2) is 0 Å². The van der Waals surface area contributed by atoms with Crippen LogP contribution < -0.4 is 5.73 Å². The highest BCUT2D eigenvalue weighted by Crippen LogP contribution is 2.23. The molecule has 0 spiro atoms. The Kier molecular flexibility index (Phi) is 3.39. The molecule has 0 atom stereocenters. The second-order valence-electron chi connectivity index (χ2n) is 3.64. The Balaban J connectivity index is 2.39. The zero-order valence-corrected chi connectivity index (χ0v) is 9.93. The molecule has 1 aromatic carbocycles. The van der Waals surface area contributed by atoms with Crippen LogP contribution in [0.15, 0.2) is 42.6 Å². The van der Waals surface area contributed by atoms with E-state index in [2.05, 4.69) is 4.98 Å². The molecule has 0 aliphatic rings. The highest BCUT2D eigenvalue weighted by atomic mass is 32.2. The van der Waals surface area contributed by atoms with Crippen LogP contribution in [0.3, 0.4) is 0 Å². The minimum absolute atomic E-state index is 0.0262. The van der Waals surface area contributed by atoms with Gasteiger partial charge in [0, 0.05) is 11.8 Å². The van der Waals surface area contributed by atoms with Crippen molar-refractivity contribution in [1.82, 2.24) is 4.98 Å². The smallest absolute Gasteiger partial charge is 0.144 e. The van der Waals surface area contributed by atoms with Crippen molar-refractivity contribution in [3.8, 4) is 11.3 Å². The van der Waals surface area contributed by atoms with Crippen LogP contribution in [0.25, 0.3) is 11.3 Å². The normalized spacial score (nSPS) is 10.6. The number of nitrogens with zero attached hydrogens (tertiary/aromatic N) is 1. The number of benzene rings is 1. The fourth-order valence-corrected chi connectivity index (χ4v) is 2.07.